The van der Waals surface area contributed by atoms with Gasteiger partial charge in [-0.2, -0.15) is 0 Å². The third-order valence-electron chi connectivity index (χ3n) is 3.77. The molecular formula is C13H23N. The maximum Gasteiger partial charge on any atom is -0.00190 e. The van der Waals surface area contributed by atoms with Crippen molar-refractivity contribution in [3.63, 3.8) is 0 Å². The van der Waals surface area contributed by atoms with Crippen molar-refractivity contribution in [2.45, 2.75) is 44.9 Å². The Hall–Kier alpha value is -0.300. The number of likely N-dealkylation sites (tertiary alicyclic amines) is 1. The summed E-state index contributed by atoms with van der Waals surface area (Å²) in [5.41, 5.74) is 1.77. The maximum absolute atomic E-state index is 2.52. The van der Waals surface area contributed by atoms with E-state index in [0.29, 0.717) is 0 Å². The summed E-state index contributed by atoms with van der Waals surface area (Å²) in [6.07, 6.45) is 12.4. The first-order valence-electron chi connectivity index (χ1n) is 6.21. The van der Waals surface area contributed by atoms with Gasteiger partial charge in [-0.15, -0.1) is 0 Å². The minimum absolute atomic E-state index is 0.996. The molecule has 1 nitrogen and oxygen atoms in total. The quantitative estimate of drug-likeness (QED) is 0.609. The summed E-state index contributed by atoms with van der Waals surface area (Å²) < 4.78 is 0. The molecule has 0 unspecified atom stereocenters. The van der Waals surface area contributed by atoms with E-state index in [9.17, 15) is 0 Å². The van der Waals surface area contributed by atoms with Crippen molar-refractivity contribution < 1.29 is 0 Å². The van der Waals surface area contributed by atoms with Crippen LogP contribution >= 0.6 is 0 Å². The maximum atomic E-state index is 2.52. The topological polar surface area (TPSA) is 3.24 Å². The summed E-state index contributed by atoms with van der Waals surface area (Å²) in [6, 6.07) is 0. The number of allylic oxidation sites excluding steroid dienone is 2. The van der Waals surface area contributed by atoms with Gasteiger partial charge in [-0.1, -0.05) is 11.6 Å². The molecule has 1 aliphatic carbocycles. The van der Waals surface area contributed by atoms with Gasteiger partial charge in [0.15, 0.2) is 0 Å². The Morgan fingerprint density at radius 3 is 2.71 bits per heavy atom. The average Bonchev–Trinajstić information content (AvgIpc) is 2.23. The third kappa shape index (κ3) is 2.84. The van der Waals surface area contributed by atoms with Crippen LogP contribution in [-0.4, -0.2) is 25.0 Å². The molecule has 0 spiro atoms. The van der Waals surface area contributed by atoms with Crippen molar-refractivity contribution in [1.29, 1.82) is 0 Å². The van der Waals surface area contributed by atoms with Crippen molar-refractivity contribution in [2.24, 2.45) is 5.92 Å². The van der Waals surface area contributed by atoms with E-state index in [0.717, 1.165) is 5.92 Å². The van der Waals surface area contributed by atoms with Crippen molar-refractivity contribution >= 4 is 0 Å². The fourth-order valence-electron chi connectivity index (χ4n) is 2.73. The van der Waals surface area contributed by atoms with Gasteiger partial charge in [0.25, 0.3) is 0 Å². The summed E-state index contributed by atoms with van der Waals surface area (Å²) >= 11 is 0. The lowest BCUT2D eigenvalue weighted by Gasteiger charge is -2.30. The molecule has 0 saturated carbocycles. The van der Waals surface area contributed by atoms with Gasteiger partial charge in [0.05, 0.1) is 0 Å². The van der Waals surface area contributed by atoms with E-state index in [1.54, 1.807) is 5.57 Å². The molecule has 0 aromatic carbocycles. The molecule has 0 N–H and O–H groups in total. The Kier molecular flexibility index (Phi) is 3.63. The molecule has 1 aliphatic heterocycles. The van der Waals surface area contributed by atoms with Gasteiger partial charge in [0.1, 0.15) is 0 Å². The predicted molar refractivity (Wildman–Crippen MR) is 61.4 cm³/mol. The van der Waals surface area contributed by atoms with Crippen LogP contribution in [0.2, 0.25) is 0 Å². The van der Waals surface area contributed by atoms with E-state index in [2.05, 4.69) is 18.0 Å². The fraction of sp³-hybridized carbons (Fsp3) is 0.846. The lowest BCUT2D eigenvalue weighted by Crippen LogP contribution is -2.30. The molecule has 14 heavy (non-hydrogen) atoms. The summed E-state index contributed by atoms with van der Waals surface area (Å²) in [7, 11) is 2.25. The van der Waals surface area contributed by atoms with Gasteiger partial charge in [0.2, 0.25) is 0 Å². The van der Waals surface area contributed by atoms with Crippen LogP contribution in [0.25, 0.3) is 0 Å². The van der Waals surface area contributed by atoms with Crippen LogP contribution in [0.5, 0.6) is 0 Å². The molecule has 0 aromatic heterocycles. The van der Waals surface area contributed by atoms with E-state index in [1.807, 2.05) is 0 Å². The Morgan fingerprint density at radius 1 is 1.29 bits per heavy atom. The highest BCUT2D eigenvalue weighted by Crippen LogP contribution is 2.28. The van der Waals surface area contributed by atoms with Gasteiger partial charge < -0.3 is 4.90 Å². The Morgan fingerprint density at radius 2 is 2.07 bits per heavy atom. The van der Waals surface area contributed by atoms with Crippen LogP contribution < -0.4 is 0 Å². The van der Waals surface area contributed by atoms with Gasteiger partial charge in [0, 0.05) is 0 Å². The molecular weight excluding hydrogens is 170 g/mol. The van der Waals surface area contributed by atoms with Crippen molar-refractivity contribution in [3.8, 4) is 0 Å². The highest BCUT2D eigenvalue weighted by molar-refractivity contribution is 5.06. The molecule has 0 atom stereocenters. The number of rotatable bonds is 2. The minimum Gasteiger partial charge on any atom is -0.306 e. The Labute approximate surface area is 88.2 Å². The second-order valence-electron chi connectivity index (χ2n) is 5.06. The molecule has 0 bridgehead atoms. The van der Waals surface area contributed by atoms with E-state index >= 15 is 0 Å². The largest absolute Gasteiger partial charge is 0.306 e. The molecule has 0 radical (unpaired) electrons. The molecule has 0 amide bonds. The summed E-state index contributed by atoms with van der Waals surface area (Å²) in [5, 5.41) is 0. The lowest BCUT2D eigenvalue weighted by atomic mass is 9.86. The second kappa shape index (κ2) is 4.97. The van der Waals surface area contributed by atoms with Crippen molar-refractivity contribution in [1.82, 2.24) is 4.90 Å². The zero-order chi connectivity index (χ0) is 9.80. The van der Waals surface area contributed by atoms with Crippen molar-refractivity contribution in [2.75, 3.05) is 20.1 Å². The van der Waals surface area contributed by atoms with E-state index < -0.39 is 0 Å². The molecule has 1 saturated heterocycles. The van der Waals surface area contributed by atoms with Crippen LogP contribution in [0, 0.1) is 5.92 Å². The molecule has 0 aromatic rings. The van der Waals surface area contributed by atoms with Gasteiger partial charge in [-0.3, -0.25) is 0 Å². The summed E-state index contributed by atoms with van der Waals surface area (Å²) in [4.78, 5) is 2.46. The van der Waals surface area contributed by atoms with E-state index in [4.69, 9.17) is 0 Å². The minimum atomic E-state index is 0.996. The first-order valence-corrected chi connectivity index (χ1v) is 6.21. The second-order valence-corrected chi connectivity index (χ2v) is 5.06. The number of nitrogens with zero attached hydrogens (tertiary/aromatic N) is 1. The standard InChI is InChI=1S/C13H23N/c1-14-9-7-13(8-10-14)11-12-5-3-2-4-6-12/h5,13H,2-4,6-11H2,1H3. The zero-order valence-corrected chi connectivity index (χ0v) is 9.47. The Balaban J connectivity index is 1.77. The average molecular weight is 193 g/mol. The van der Waals surface area contributed by atoms with Gasteiger partial charge >= 0.3 is 0 Å². The number of hydrogen-bond acceptors (Lipinski definition) is 1. The first-order chi connectivity index (χ1) is 6.84. The van der Waals surface area contributed by atoms with Crippen molar-refractivity contribution in [3.05, 3.63) is 11.6 Å². The molecule has 2 aliphatic rings. The third-order valence-corrected chi connectivity index (χ3v) is 3.77. The van der Waals surface area contributed by atoms with Crippen LogP contribution in [0.4, 0.5) is 0 Å². The SMILES string of the molecule is CN1CCC(CC2=CCCCC2)CC1. The van der Waals surface area contributed by atoms with Crippen LogP contribution in [-0.2, 0) is 0 Å². The van der Waals surface area contributed by atoms with E-state index in [-0.39, 0.29) is 0 Å². The monoisotopic (exact) mass is 193 g/mol. The van der Waals surface area contributed by atoms with Crippen LogP contribution in [0.1, 0.15) is 44.9 Å². The zero-order valence-electron chi connectivity index (χ0n) is 9.47. The first kappa shape index (κ1) is 10.2. The summed E-state index contributed by atoms with van der Waals surface area (Å²) in [6.45, 7) is 2.63. The molecule has 1 fully saturated rings. The molecule has 1 heteroatoms. The Bertz CT molecular complexity index is 199. The van der Waals surface area contributed by atoms with E-state index in [1.165, 1.54) is 58.0 Å². The molecule has 80 valence electrons. The highest BCUT2D eigenvalue weighted by Gasteiger charge is 2.18. The summed E-state index contributed by atoms with van der Waals surface area (Å²) in [5.74, 6) is 0.996. The smallest absolute Gasteiger partial charge is 0.00190 e. The highest BCUT2D eigenvalue weighted by atomic mass is 15.1. The number of piperidine rings is 1. The van der Waals surface area contributed by atoms with Crippen LogP contribution in [0.3, 0.4) is 0 Å². The lowest BCUT2D eigenvalue weighted by molar-refractivity contribution is 0.217. The van der Waals surface area contributed by atoms with Crippen LogP contribution in [0.15, 0.2) is 11.6 Å². The normalized spacial score (nSPS) is 26.2. The predicted octanol–water partition coefficient (Wildman–Crippen LogP) is 3.22. The number of hydrogen-bond donors (Lipinski definition) is 0. The van der Waals surface area contributed by atoms with Gasteiger partial charge in [-0.25, -0.2) is 0 Å². The molecule has 1 heterocycles. The fourth-order valence-corrected chi connectivity index (χ4v) is 2.73. The molecule has 2 rings (SSSR count). The van der Waals surface area contributed by atoms with Gasteiger partial charge in [-0.05, 0) is 71.0 Å².